The number of fused-ring (bicyclic) bond motifs is 1. The molecular formula is C22H23N3O2. The summed E-state index contributed by atoms with van der Waals surface area (Å²) >= 11 is 0. The van der Waals surface area contributed by atoms with Gasteiger partial charge in [0, 0.05) is 6.54 Å². The van der Waals surface area contributed by atoms with E-state index in [0.717, 1.165) is 23.2 Å². The lowest BCUT2D eigenvalue weighted by Gasteiger charge is -2.25. The fourth-order valence-electron chi connectivity index (χ4n) is 3.35. The third-order valence-corrected chi connectivity index (χ3v) is 5.00. The molecule has 0 saturated heterocycles. The Labute approximate surface area is 159 Å². The summed E-state index contributed by atoms with van der Waals surface area (Å²) in [5, 5.41) is 2.96. The number of hydrogen-bond acceptors (Lipinski definition) is 3. The van der Waals surface area contributed by atoms with Crippen molar-refractivity contribution in [1.29, 1.82) is 0 Å². The molecule has 0 fully saturated rings. The zero-order chi connectivity index (χ0) is 18.6. The molecule has 1 aliphatic rings. The van der Waals surface area contributed by atoms with Crippen LogP contribution in [0, 0.1) is 0 Å². The molecule has 0 bridgehead atoms. The second-order valence-electron chi connectivity index (χ2n) is 6.76. The second kappa shape index (κ2) is 7.76. The van der Waals surface area contributed by atoms with E-state index in [-0.39, 0.29) is 12.0 Å². The van der Waals surface area contributed by atoms with Crippen LogP contribution in [-0.4, -0.2) is 15.5 Å². The Morgan fingerprint density at radius 2 is 1.89 bits per heavy atom. The number of benzene rings is 2. The van der Waals surface area contributed by atoms with E-state index in [9.17, 15) is 4.79 Å². The van der Waals surface area contributed by atoms with Gasteiger partial charge in [0.1, 0.15) is 6.10 Å². The maximum absolute atomic E-state index is 12.6. The average Bonchev–Trinajstić information content (AvgIpc) is 3.16. The molecule has 1 aliphatic heterocycles. The van der Waals surface area contributed by atoms with E-state index in [2.05, 4.69) is 53.6 Å². The Hall–Kier alpha value is -2.92. The van der Waals surface area contributed by atoms with E-state index in [0.29, 0.717) is 25.4 Å². The predicted molar refractivity (Wildman–Crippen MR) is 103 cm³/mol. The highest BCUT2D eigenvalue weighted by Gasteiger charge is 2.26. The summed E-state index contributed by atoms with van der Waals surface area (Å²) in [4.78, 5) is 16.9. The average molecular weight is 361 g/mol. The van der Waals surface area contributed by atoms with Crippen molar-refractivity contribution in [3.05, 3.63) is 89.0 Å². The van der Waals surface area contributed by atoms with Crippen LogP contribution >= 0.6 is 0 Å². The van der Waals surface area contributed by atoms with Crippen LogP contribution in [-0.2, 0) is 30.9 Å². The zero-order valence-corrected chi connectivity index (χ0v) is 15.4. The van der Waals surface area contributed by atoms with Crippen molar-refractivity contribution in [3.63, 3.8) is 0 Å². The summed E-state index contributed by atoms with van der Waals surface area (Å²) in [6, 6.07) is 18.4. The first-order valence-corrected chi connectivity index (χ1v) is 9.31. The Balaban J connectivity index is 1.42. The van der Waals surface area contributed by atoms with E-state index in [1.54, 1.807) is 6.33 Å². The van der Waals surface area contributed by atoms with Crippen molar-refractivity contribution in [1.82, 2.24) is 14.9 Å². The van der Waals surface area contributed by atoms with Gasteiger partial charge < -0.3 is 14.6 Å². The van der Waals surface area contributed by atoms with Gasteiger partial charge in [-0.2, -0.15) is 0 Å². The molecule has 0 aliphatic carbocycles. The summed E-state index contributed by atoms with van der Waals surface area (Å²) in [7, 11) is 0. The minimum absolute atomic E-state index is 0.0131. The first-order chi connectivity index (χ1) is 13.2. The third-order valence-electron chi connectivity index (χ3n) is 5.00. The third kappa shape index (κ3) is 3.78. The molecule has 0 saturated carbocycles. The van der Waals surface area contributed by atoms with Crippen molar-refractivity contribution in [3.8, 4) is 0 Å². The topological polar surface area (TPSA) is 56.2 Å². The number of amides is 1. The number of carbonyl (C=O) groups excluding carboxylic acids is 1. The monoisotopic (exact) mass is 361 g/mol. The van der Waals surface area contributed by atoms with Crippen molar-refractivity contribution in [2.75, 3.05) is 0 Å². The molecule has 1 N–H and O–H groups in total. The molecule has 5 nitrogen and oxygen atoms in total. The van der Waals surface area contributed by atoms with Crippen molar-refractivity contribution >= 4 is 5.91 Å². The highest BCUT2D eigenvalue weighted by Crippen LogP contribution is 2.27. The molecule has 1 atom stereocenters. The molecular weight excluding hydrogens is 338 g/mol. The van der Waals surface area contributed by atoms with E-state index in [1.165, 1.54) is 5.56 Å². The lowest BCUT2D eigenvalue weighted by Crippen LogP contribution is -2.27. The van der Waals surface area contributed by atoms with Crippen LogP contribution in [0.4, 0.5) is 0 Å². The zero-order valence-electron chi connectivity index (χ0n) is 15.4. The highest BCUT2D eigenvalue weighted by atomic mass is 16.5. The van der Waals surface area contributed by atoms with Crippen molar-refractivity contribution in [2.45, 2.75) is 39.1 Å². The standard InChI is InChI=1S/C22H23N3O2/c1-2-16-8-10-17(11-9-16)12-23-22(26)21-19-14-27-20(13-25(19)15-24-21)18-6-4-3-5-7-18/h3-11,15,20H,2,12-14H2,1H3,(H,23,26). The molecule has 2 aromatic carbocycles. The quantitative estimate of drug-likeness (QED) is 0.755. The van der Waals surface area contributed by atoms with Gasteiger partial charge in [0.05, 0.1) is 25.2 Å². The van der Waals surface area contributed by atoms with E-state index in [1.807, 2.05) is 22.8 Å². The number of rotatable bonds is 5. The lowest BCUT2D eigenvalue weighted by atomic mass is 10.1. The van der Waals surface area contributed by atoms with Gasteiger partial charge in [-0.05, 0) is 23.1 Å². The molecule has 5 heteroatoms. The van der Waals surface area contributed by atoms with Crippen LogP contribution in [0.3, 0.4) is 0 Å². The summed E-state index contributed by atoms with van der Waals surface area (Å²) in [6.45, 7) is 3.66. The second-order valence-corrected chi connectivity index (χ2v) is 6.76. The van der Waals surface area contributed by atoms with Gasteiger partial charge in [0.2, 0.25) is 0 Å². The number of imidazole rings is 1. The van der Waals surface area contributed by atoms with E-state index >= 15 is 0 Å². The molecule has 0 radical (unpaired) electrons. The van der Waals surface area contributed by atoms with Crippen LogP contribution in [0.2, 0.25) is 0 Å². The number of aromatic nitrogens is 2. The molecule has 1 aromatic heterocycles. The van der Waals surface area contributed by atoms with Gasteiger partial charge >= 0.3 is 0 Å². The first kappa shape index (κ1) is 17.5. The van der Waals surface area contributed by atoms with Gasteiger partial charge in [-0.15, -0.1) is 0 Å². The van der Waals surface area contributed by atoms with Gasteiger partial charge in [0.25, 0.3) is 5.91 Å². The minimum Gasteiger partial charge on any atom is -0.365 e. The molecule has 27 heavy (non-hydrogen) atoms. The van der Waals surface area contributed by atoms with Crippen molar-refractivity contribution in [2.24, 2.45) is 0 Å². The molecule has 2 heterocycles. The Kier molecular flexibility index (Phi) is 5.03. The number of carbonyl (C=O) groups is 1. The van der Waals surface area contributed by atoms with Crippen LogP contribution in [0.25, 0.3) is 0 Å². The van der Waals surface area contributed by atoms with Crippen LogP contribution in [0.1, 0.15) is 45.9 Å². The maximum Gasteiger partial charge on any atom is 0.272 e. The first-order valence-electron chi connectivity index (χ1n) is 9.31. The number of hydrogen-bond donors (Lipinski definition) is 1. The fraction of sp³-hybridized carbons (Fsp3) is 0.273. The molecule has 0 spiro atoms. The SMILES string of the molecule is CCc1ccc(CNC(=O)c2ncn3c2COC(c2ccccc2)C3)cc1. The molecule has 138 valence electrons. The number of nitrogens with zero attached hydrogens (tertiary/aromatic N) is 2. The minimum atomic E-state index is -0.162. The van der Waals surface area contributed by atoms with Crippen molar-refractivity contribution < 1.29 is 9.53 Å². The van der Waals surface area contributed by atoms with Crippen LogP contribution < -0.4 is 5.32 Å². The predicted octanol–water partition coefficient (Wildman–Crippen LogP) is 3.65. The van der Waals surface area contributed by atoms with Crippen LogP contribution in [0.5, 0.6) is 0 Å². The molecule has 1 unspecified atom stereocenters. The summed E-state index contributed by atoms with van der Waals surface area (Å²) < 4.78 is 8.01. The smallest absolute Gasteiger partial charge is 0.272 e. The summed E-state index contributed by atoms with van der Waals surface area (Å²) in [5.74, 6) is -0.162. The Bertz CT molecular complexity index is 916. The number of aryl methyl sites for hydroxylation is 1. The number of nitrogens with one attached hydrogen (secondary N) is 1. The maximum atomic E-state index is 12.6. The molecule has 3 aromatic rings. The normalized spacial score (nSPS) is 16.0. The Morgan fingerprint density at radius 3 is 2.63 bits per heavy atom. The molecule has 4 rings (SSSR count). The van der Waals surface area contributed by atoms with Crippen LogP contribution in [0.15, 0.2) is 60.9 Å². The van der Waals surface area contributed by atoms with E-state index in [4.69, 9.17) is 4.74 Å². The van der Waals surface area contributed by atoms with Gasteiger partial charge in [-0.1, -0.05) is 61.5 Å². The summed E-state index contributed by atoms with van der Waals surface area (Å²) in [5.41, 5.74) is 4.79. The lowest BCUT2D eigenvalue weighted by molar-refractivity contribution is 0.00257. The number of ether oxygens (including phenoxy) is 1. The van der Waals surface area contributed by atoms with E-state index < -0.39 is 0 Å². The van der Waals surface area contributed by atoms with Gasteiger partial charge in [0.15, 0.2) is 5.69 Å². The molecule has 1 amide bonds. The summed E-state index contributed by atoms with van der Waals surface area (Å²) in [6.07, 6.45) is 2.73. The van der Waals surface area contributed by atoms with Gasteiger partial charge in [-0.3, -0.25) is 4.79 Å². The fourth-order valence-corrected chi connectivity index (χ4v) is 3.35. The largest absolute Gasteiger partial charge is 0.365 e. The van der Waals surface area contributed by atoms with Gasteiger partial charge in [-0.25, -0.2) is 4.98 Å². The highest BCUT2D eigenvalue weighted by molar-refractivity contribution is 5.93. The Morgan fingerprint density at radius 1 is 1.15 bits per heavy atom.